The number of hydrogen-bond donors (Lipinski definition) is 1. The van der Waals surface area contributed by atoms with E-state index >= 15 is 0 Å². The van der Waals surface area contributed by atoms with E-state index in [9.17, 15) is 5.11 Å². The van der Waals surface area contributed by atoms with Gasteiger partial charge in [0.1, 0.15) is 0 Å². The lowest BCUT2D eigenvalue weighted by Gasteiger charge is -2.68. The van der Waals surface area contributed by atoms with Crippen LogP contribution in [-0.4, -0.2) is 11.2 Å². The van der Waals surface area contributed by atoms with Crippen LogP contribution in [0, 0.1) is 28.6 Å². The van der Waals surface area contributed by atoms with Crippen molar-refractivity contribution in [1.29, 1.82) is 0 Å². The van der Waals surface area contributed by atoms with Gasteiger partial charge in [0.2, 0.25) is 0 Å². The van der Waals surface area contributed by atoms with E-state index in [2.05, 4.69) is 27.4 Å². The molecule has 0 saturated heterocycles. The van der Waals surface area contributed by atoms with Crippen molar-refractivity contribution in [2.24, 2.45) is 28.6 Å². The van der Waals surface area contributed by atoms with E-state index in [4.69, 9.17) is 0 Å². The number of aliphatic hydroxyl groups is 1. The predicted molar refractivity (Wildman–Crippen MR) is 66.0 cm³/mol. The molecule has 1 heteroatoms. The summed E-state index contributed by atoms with van der Waals surface area (Å²) in [5.41, 5.74) is 2.06. The van der Waals surface area contributed by atoms with Gasteiger partial charge in [-0.3, -0.25) is 0 Å². The van der Waals surface area contributed by atoms with Gasteiger partial charge in [0.05, 0.1) is 6.10 Å². The minimum atomic E-state index is -0.215. The average molecular weight is 220 g/mol. The molecule has 0 aliphatic heterocycles. The minimum absolute atomic E-state index is 0.215. The maximum atomic E-state index is 10.0. The molecule has 4 saturated carbocycles. The highest BCUT2D eigenvalue weighted by Gasteiger charge is 2.67. The van der Waals surface area contributed by atoms with Crippen molar-refractivity contribution in [1.82, 2.24) is 0 Å². The smallest absolute Gasteiger partial charge is 0.0753 e. The Morgan fingerprint density at radius 2 is 1.94 bits per heavy atom. The molecule has 0 unspecified atom stereocenters. The number of fused-ring (bicyclic) bond motifs is 2. The average Bonchev–Trinajstić information content (AvgIpc) is 2.34. The van der Waals surface area contributed by atoms with Crippen molar-refractivity contribution >= 4 is 0 Å². The number of rotatable bonds is 0. The summed E-state index contributed by atoms with van der Waals surface area (Å²) in [5, 5.41) is 10.0. The van der Waals surface area contributed by atoms with Crippen LogP contribution in [-0.2, 0) is 0 Å². The molecular formula is C15H24O. The van der Waals surface area contributed by atoms with Gasteiger partial charge < -0.3 is 5.11 Å². The van der Waals surface area contributed by atoms with E-state index in [-0.39, 0.29) is 6.10 Å². The molecule has 0 heterocycles. The highest BCUT2D eigenvalue weighted by molar-refractivity contribution is 5.29. The fourth-order valence-electron chi connectivity index (χ4n) is 5.26. The first-order valence-corrected chi connectivity index (χ1v) is 6.75. The molecule has 90 valence electrons. The van der Waals surface area contributed by atoms with Gasteiger partial charge in [-0.15, -0.1) is 0 Å². The molecule has 4 aliphatic carbocycles. The minimum Gasteiger partial charge on any atom is -0.389 e. The Balaban J connectivity index is 2.03. The van der Waals surface area contributed by atoms with Crippen molar-refractivity contribution in [2.75, 3.05) is 0 Å². The molecule has 0 aromatic heterocycles. The molecule has 4 rings (SSSR count). The third-order valence-corrected chi connectivity index (χ3v) is 6.09. The SMILES string of the molecule is C=C1[C@@H](O)C[C@@H]2[C@@H]3[C@H]1[C@@]2(C)CCCC3(C)C. The second-order valence-electron chi connectivity index (χ2n) is 7.28. The molecule has 0 amide bonds. The molecule has 0 aromatic carbocycles. The standard InChI is InChI=1S/C15H24O/c1-9-11(16)8-10-13-12(9)15(10,4)7-5-6-14(13,2)3/h10-13,16H,1,5-8H2,2-4H3/t10-,11+,12+,13-,15+/m1/s1. The Hall–Kier alpha value is -0.300. The summed E-state index contributed by atoms with van der Waals surface area (Å²) in [6.45, 7) is 11.5. The zero-order valence-corrected chi connectivity index (χ0v) is 10.8. The lowest BCUT2D eigenvalue weighted by atomic mass is 9.37. The lowest BCUT2D eigenvalue weighted by molar-refractivity contribution is -0.176. The van der Waals surface area contributed by atoms with Crippen LogP contribution in [0.5, 0.6) is 0 Å². The monoisotopic (exact) mass is 220 g/mol. The predicted octanol–water partition coefficient (Wildman–Crippen LogP) is 3.39. The third-order valence-electron chi connectivity index (χ3n) is 6.09. The Morgan fingerprint density at radius 1 is 1.25 bits per heavy atom. The highest BCUT2D eigenvalue weighted by Crippen LogP contribution is 2.73. The molecule has 0 radical (unpaired) electrons. The summed E-state index contributed by atoms with van der Waals surface area (Å²) >= 11 is 0. The summed E-state index contributed by atoms with van der Waals surface area (Å²) in [6, 6.07) is 0. The highest BCUT2D eigenvalue weighted by atomic mass is 16.3. The molecule has 1 nitrogen and oxygen atoms in total. The molecule has 4 aliphatic rings. The third kappa shape index (κ3) is 1.06. The van der Waals surface area contributed by atoms with Crippen LogP contribution in [0.4, 0.5) is 0 Å². The molecule has 1 N–H and O–H groups in total. The van der Waals surface area contributed by atoms with Crippen LogP contribution in [0.3, 0.4) is 0 Å². The quantitative estimate of drug-likeness (QED) is 0.620. The summed E-state index contributed by atoms with van der Waals surface area (Å²) < 4.78 is 0. The summed E-state index contributed by atoms with van der Waals surface area (Å²) in [6.07, 6.45) is 4.81. The first-order chi connectivity index (χ1) is 7.38. The topological polar surface area (TPSA) is 20.2 Å². The van der Waals surface area contributed by atoms with Gasteiger partial charge in [-0.2, -0.15) is 0 Å². The van der Waals surface area contributed by atoms with Crippen molar-refractivity contribution in [2.45, 2.75) is 52.6 Å². The van der Waals surface area contributed by atoms with Crippen molar-refractivity contribution in [3.05, 3.63) is 12.2 Å². The molecular weight excluding hydrogens is 196 g/mol. The molecule has 16 heavy (non-hydrogen) atoms. The molecule has 5 atom stereocenters. The van der Waals surface area contributed by atoms with E-state index in [0.29, 0.717) is 16.7 Å². The molecule has 4 bridgehead atoms. The van der Waals surface area contributed by atoms with Crippen LogP contribution in [0.15, 0.2) is 12.2 Å². The molecule has 0 aromatic rings. The van der Waals surface area contributed by atoms with Gasteiger partial charge >= 0.3 is 0 Å². The second kappa shape index (κ2) is 2.93. The van der Waals surface area contributed by atoms with Crippen LogP contribution in [0.25, 0.3) is 0 Å². The maximum absolute atomic E-state index is 10.0. The second-order valence-corrected chi connectivity index (χ2v) is 7.28. The van der Waals surface area contributed by atoms with Crippen LogP contribution in [0.2, 0.25) is 0 Å². The first-order valence-electron chi connectivity index (χ1n) is 6.75. The fraction of sp³-hybridized carbons (Fsp3) is 0.867. The van der Waals surface area contributed by atoms with E-state index in [1.54, 1.807) is 0 Å². The summed E-state index contributed by atoms with van der Waals surface area (Å²) in [4.78, 5) is 0. The van der Waals surface area contributed by atoms with E-state index < -0.39 is 0 Å². The van der Waals surface area contributed by atoms with Gasteiger partial charge in [0.15, 0.2) is 0 Å². The van der Waals surface area contributed by atoms with E-state index in [1.165, 1.54) is 19.3 Å². The largest absolute Gasteiger partial charge is 0.389 e. The molecule has 0 spiro atoms. The Morgan fingerprint density at radius 3 is 2.56 bits per heavy atom. The fourth-order valence-corrected chi connectivity index (χ4v) is 5.26. The van der Waals surface area contributed by atoms with Crippen molar-refractivity contribution < 1.29 is 5.11 Å². The van der Waals surface area contributed by atoms with Crippen LogP contribution in [0.1, 0.15) is 46.5 Å². The van der Waals surface area contributed by atoms with E-state index in [1.807, 2.05) is 0 Å². The zero-order valence-electron chi connectivity index (χ0n) is 10.8. The normalized spacial score (nSPS) is 54.1. The summed E-state index contributed by atoms with van der Waals surface area (Å²) in [5.74, 6) is 2.13. The van der Waals surface area contributed by atoms with Crippen molar-refractivity contribution in [3.63, 3.8) is 0 Å². The van der Waals surface area contributed by atoms with Gasteiger partial charge in [0.25, 0.3) is 0 Å². The Kier molecular flexibility index (Phi) is 1.98. The molecule has 4 fully saturated rings. The van der Waals surface area contributed by atoms with Gasteiger partial charge in [-0.25, -0.2) is 0 Å². The maximum Gasteiger partial charge on any atom is 0.0753 e. The first kappa shape index (κ1) is 10.8. The van der Waals surface area contributed by atoms with Crippen LogP contribution < -0.4 is 0 Å². The summed E-state index contributed by atoms with van der Waals surface area (Å²) in [7, 11) is 0. The number of hydrogen-bond acceptors (Lipinski definition) is 1. The Labute approximate surface area is 98.9 Å². The lowest BCUT2D eigenvalue weighted by Crippen LogP contribution is -2.64. The van der Waals surface area contributed by atoms with Crippen molar-refractivity contribution in [3.8, 4) is 0 Å². The Bertz CT molecular complexity index is 343. The van der Waals surface area contributed by atoms with E-state index in [0.717, 1.165) is 23.8 Å². The van der Waals surface area contributed by atoms with Gasteiger partial charge in [0, 0.05) is 0 Å². The van der Waals surface area contributed by atoms with Gasteiger partial charge in [-0.1, -0.05) is 33.8 Å². The zero-order chi connectivity index (χ0) is 11.7. The number of aliphatic hydroxyl groups excluding tert-OH is 1. The van der Waals surface area contributed by atoms with Gasteiger partial charge in [-0.05, 0) is 53.4 Å². The van der Waals surface area contributed by atoms with Crippen LogP contribution >= 0.6 is 0 Å².